The van der Waals surface area contributed by atoms with E-state index in [0.29, 0.717) is 5.92 Å². The molecule has 0 saturated carbocycles. The molecule has 2 atom stereocenters. The van der Waals surface area contributed by atoms with Gasteiger partial charge in [0, 0.05) is 32.2 Å². The molecule has 2 fully saturated rings. The Hall–Kier alpha value is -1.37. The van der Waals surface area contributed by atoms with Gasteiger partial charge in [0.05, 0.1) is 6.07 Å². The molecule has 0 aliphatic carbocycles. The molecule has 18 heavy (non-hydrogen) atoms. The molecule has 94 valence electrons. The Labute approximate surface area is 108 Å². The Bertz CT molecular complexity index is 453. The first-order chi connectivity index (χ1) is 8.82. The van der Waals surface area contributed by atoms with Crippen molar-refractivity contribution in [3.8, 4) is 6.07 Å². The van der Waals surface area contributed by atoms with Crippen LogP contribution in [0.15, 0.2) is 30.3 Å². The summed E-state index contributed by atoms with van der Waals surface area (Å²) >= 11 is 0. The van der Waals surface area contributed by atoms with Crippen molar-refractivity contribution in [1.82, 2.24) is 4.90 Å². The second-order valence-electron chi connectivity index (χ2n) is 5.31. The Morgan fingerprint density at radius 1 is 1.39 bits per heavy atom. The lowest BCUT2D eigenvalue weighted by Gasteiger charge is -2.20. The number of rotatable bonds is 3. The van der Waals surface area contributed by atoms with E-state index in [1.807, 2.05) is 6.07 Å². The van der Waals surface area contributed by atoms with Gasteiger partial charge in [-0.2, -0.15) is 5.26 Å². The molecule has 0 amide bonds. The lowest BCUT2D eigenvalue weighted by Crippen LogP contribution is -2.35. The number of ether oxygens (including phenoxy) is 1. The van der Waals surface area contributed by atoms with Gasteiger partial charge in [-0.25, -0.2) is 0 Å². The summed E-state index contributed by atoms with van der Waals surface area (Å²) in [5.74, 6) is 0.415. The van der Waals surface area contributed by atoms with Crippen molar-refractivity contribution >= 4 is 0 Å². The highest BCUT2D eigenvalue weighted by molar-refractivity contribution is 5.17. The van der Waals surface area contributed by atoms with Crippen molar-refractivity contribution in [3.63, 3.8) is 0 Å². The van der Waals surface area contributed by atoms with E-state index in [0.717, 1.165) is 39.1 Å². The summed E-state index contributed by atoms with van der Waals surface area (Å²) in [5, 5.41) is 9.33. The molecule has 0 aromatic heterocycles. The number of hydrogen-bond acceptors (Lipinski definition) is 3. The van der Waals surface area contributed by atoms with Gasteiger partial charge in [0.2, 0.25) is 0 Å². The molecule has 0 N–H and O–H groups in total. The standard InChI is InChI=1S/C15H18N2O/c16-11-15-12-17(10-14(15)7-9-18-15)8-6-13-4-2-1-3-5-13/h1-5,14H,6-10,12H2/t14-,15-/m0/s1. The molecule has 1 aromatic carbocycles. The summed E-state index contributed by atoms with van der Waals surface area (Å²) < 4.78 is 5.69. The summed E-state index contributed by atoms with van der Waals surface area (Å²) in [6.07, 6.45) is 2.09. The second-order valence-corrected chi connectivity index (χ2v) is 5.31. The maximum Gasteiger partial charge on any atom is 0.170 e. The molecule has 0 bridgehead atoms. The number of hydrogen-bond donors (Lipinski definition) is 0. The lowest BCUT2D eigenvalue weighted by atomic mass is 9.93. The zero-order valence-electron chi connectivity index (χ0n) is 10.5. The third kappa shape index (κ3) is 2.03. The van der Waals surface area contributed by atoms with E-state index >= 15 is 0 Å². The minimum atomic E-state index is -0.503. The molecule has 2 saturated heterocycles. The van der Waals surface area contributed by atoms with Crippen molar-refractivity contribution in [1.29, 1.82) is 5.26 Å². The third-order valence-corrected chi connectivity index (χ3v) is 4.17. The van der Waals surface area contributed by atoms with Gasteiger partial charge < -0.3 is 4.74 Å². The first-order valence-electron chi connectivity index (χ1n) is 6.64. The van der Waals surface area contributed by atoms with Crippen LogP contribution in [0.1, 0.15) is 12.0 Å². The first-order valence-corrected chi connectivity index (χ1v) is 6.64. The molecule has 3 rings (SSSR count). The van der Waals surface area contributed by atoms with Gasteiger partial charge in [0.1, 0.15) is 0 Å². The smallest absolute Gasteiger partial charge is 0.170 e. The van der Waals surface area contributed by atoms with Crippen molar-refractivity contribution in [2.75, 3.05) is 26.2 Å². The van der Waals surface area contributed by atoms with Crippen LogP contribution in [0.25, 0.3) is 0 Å². The van der Waals surface area contributed by atoms with Crippen LogP contribution < -0.4 is 0 Å². The highest BCUT2D eigenvalue weighted by Gasteiger charge is 2.51. The Morgan fingerprint density at radius 3 is 2.94 bits per heavy atom. The normalized spacial score (nSPS) is 31.2. The van der Waals surface area contributed by atoms with Gasteiger partial charge >= 0.3 is 0 Å². The first kappa shape index (κ1) is 11.7. The molecular formula is C15H18N2O. The van der Waals surface area contributed by atoms with Crippen LogP contribution in [0, 0.1) is 17.2 Å². The minimum absolute atomic E-state index is 0.415. The van der Waals surface area contributed by atoms with Crippen LogP contribution in [0.2, 0.25) is 0 Å². The quantitative estimate of drug-likeness (QED) is 0.811. The zero-order valence-corrected chi connectivity index (χ0v) is 10.5. The minimum Gasteiger partial charge on any atom is -0.358 e. The molecule has 3 heteroatoms. The highest BCUT2D eigenvalue weighted by Crippen LogP contribution is 2.38. The van der Waals surface area contributed by atoms with Crippen LogP contribution in [-0.4, -0.2) is 36.7 Å². The molecular weight excluding hydrogens is 224 g/mol. The predicted molar refractivity (Wildman–Crippen MR) is 69.0 cm³/mol. The number of fused-ring (bicyclic) bond motifs is 1. The molecule has 2 aliphatic heterocycles. The average molecular weight is 242 g/mol. The zero-order chi connectivity index (χ0) is 12.4. The summed E-state index contributed by atoms with van der Waals surface area (Å²) in [6, 6.07) is 12.9. The summed E-state index contributed by atoms with van der Waals surface area (Å²) in [5.41, 5.74) is 0.859. The lowest BCUT2D eigenvalue weighted by molar-refractivity contribution is 0.0417. The van der Waals surface area contributed by atoms with Crippen molar-refractivity contribution in [2.45, 2.75) is 18.4 Å². The number of benzene rings is 1. The van der Waals surface area contributed by atoms with Crippen LogP contribution in [0.5, 0.6) is 0 Å². The summed E-state index contributed by atoms with van der Waals surface area (Å²) in [4.78, 5) is 2.38. The number of nitrogens with zero attached hydrogens (tertiary/aromatic N) is 2. The maximum atomic E-state index is 9.33. The molecule has 3 nitrogen and oxygen atoms in total. The van der Waals surface area contributed by atoms with Gasteiger partial charge in [-0.05, 0) is 18.4 Å². The van der Waals surface area contributed by atoms with Gasteiger partial charge in [0.25, 0.3) is 0 Å². The Balaban J connectivity index is 1.59. The third-order valence-electron chi connectivity index (χ3n) is 4.17. The number of nitriles is 1. The molecule has 2 heterocycles. The SMILES string of the molecule is N#C[C@]12CN(CCc3ccccc3)C[C@@H]1CCO2. The monoisotopic (exact) mass is 242 g/mol. The van der Waals surface area contributed by atoms with Crippen molar-refractivity contribution in [3.05, 3.63) is 35.9 Å². The van der Waals surface area contributed by atoms with E-state index in [-0.39, 0.29) is 0 Å². The average Bonchev–Trinajstić information content (AvgIpc) is 2.94. The van der Waals surface area contributed by atoms with Crippen LogP contribution in [0.4, 0.5) is 0 Å². The second kappa shape index (κ2) is 4.72. The summed E-state index contributed by atoms with van der Waals surface area (Å²) in [7, 11) is 0. The number of likely N-dealkylation sites (tertiary alicyclic amines) is 1. The van der Waals surface area contributed by atoms with E-state index in [2.05, 4.69) is 35.2 Å². The van der Waals surface area contributed by atoms with Crippen LogP contribution in [0.3, 0.4) is 0 Å². The van der Waals surface area contributed by atoms with Crippen molar-refractivity contribution < 1.29 is 4.74 Å². The van der Waals surface area contributed by atoms with Crippen molar-refractivity contribution in [2.24, 2.45) is 5.92 Å². The van der Waals surface area contributed by atoms with E-state index < -0.39 is 5.60 Å². The summed E-state index contributed by atoms with van der Waals surface area (Å²) in [6.45, 7) is 3.57. The topological polar surface area (TPSA) is 36.3 Å². The molecule has 0 unspecified atom stereocenters. The Morgan fingerprint density at radius 2 is 2.22 bits per heavy atom. The Kier molecular flexibility index (Phi) is 3.07. The fraction of sp³-hybridized carbons (Fsp3) is 0.533. The predicted octanol–water partition coefficient (Wildman–Crippen LogP) is 1.84. The van der Waals surface area contributed by atoms with E-state index in [9.17, 15) is 5.26 Å². The molecule has 0 radical (unpaired) electrons. The van der Waals surface area contributed by atoms with E-state index in [4.69, 9.17) is 4.74 Å². The maximum absolute atomic E-state index is 9.33. The fourth-order valence-electron chi connectivity index (χ4n) is 3.12. The van der Waals surface area contributed by atoms with E-state index in [1.165, 1.54) is 5.56 Å². The van der Waals surface area contributed by atoms with Crippen LogP contribution >= 0.6 is 0 Å². The van der Waals surface area contributed by atoms with Crippen LogP contribution in [-0.2, 0) is 11.2 Å². The molecule has 1 aromatic rings. The van der Waals surface area contributed by atoms with Gasteiger partial charge in [0.15, 0.2) is 5.60 Å². The van der Waals surface area contributed by atoms with Gasteiger partial charge in [-0.15, -0.1) is 0 Å². The van der Waals surface area contributed by atoms with Gasteiger partial charge in [-0.1, -0.05) is 30.3 Å². The molecule has 2 aliphatic rings. The van der Waals surface area contributed by atoms with E-state index in [1.54, 1.807) is 0 Å². The largest absolute Gasteiger partial charge is 0.358 e. The highest BCUT2D eigenvalue weighted by atomic mass is 16.5. The fourth-order valence-corrected chi connectivity index (χ4v) is 3.12. The molecule has 0 spiro atoms. The van der Waals surface area contributed by atoms with Gasteiger partial charge in [-0.3, -0.25) is 4.90 Å².